The van der Waals surface area contributed by atoms with Gasteiger partial charge in [-0.15, -0.1) is 15.3 Å². The fourth-order valence-corrected chi connectivity index (χ4v) is 0.622. The van der Waals surface area contributed by atoms with Gasteiger partial charge in [-0.2, -0.15) is 5.10 Å². The average molecular weight is 132 g/mol. The minimum atomic E-state index is 0.446. The quantitative estimate of drug-likeness (QED) is 0.488. The van der Waals surface area contributed by atoms with Gasteiger partial charge < -0.3 is 0 Å². The lowest BCUT2D eigenvalue weighted by molar-refractivity contribution is 0.949. The molecule has 0 amide bonds. The van der Waals surface area contributed by atoms with E-state index in [-0.39, 0.29) is 0 Å². The van der Waals surface area contributed by atoms with E-state index in [1.54, 1.807) is 12.3 Å². The average Bonchev–Trinajstić information content (AvgIpc) is 2.05. The molecule has 0 aliphatic heterocycles. The summed E-state index contributed by atoms with van der Waals surface area (Å²) in [6.45, 7) is 0. The third kappa shape index (κ3) is 0.680. The van der Waals surface area contributed by atoms with Gasteiger partial charge in [-0.3, -0.25) is 0 Å². The number of hydrogen-bond donors (Lipinski definition) is 0. The molecule has 0 unspecified atom stereocenters. The second-order valence-corrected chi connectivity index (χ2v) is 1.65. The first-order valence-electron chi connectivity index (χ1n) is 2.65. The predicted octanol–water partition coefficient (Wildman–Crippen LogP) is -0.385. The van der Waals surface area contributed by atoms with Gasteiger partial charge in [-0.25, -0.2) is 4.98 Å². The number of hydrogen-bond acceptors (Lipinski definition) is 5. The molecule has 0 saturated carbocycles. The molecular formula is C5H2N5. The molecular weight excluding hydrogens is 130 g/mol. The third-order valence-corrected chi connectivity index (χ3v) is 1.04. The molecule has 0 bridgehead atoms. The first-order valence-corrected chi connectivity index (χ1v) is 2.65. The Kier molecular flexibility index (Phi) is 1.00. The van der Waals surface area contributed by atoms with Crippen molar-refractivity contribution in [2.75, 3.05) is 0 Å². The Hall–Kier alpha value is -1.65. The molecule has 2 heterocycles. The van der Waals surface area contributed by atoms with E-state index < -0.39 is 0 Å². The highest BCUT2D eigenvalue weighted by Crippen LogP contribution is 1.96. The van der Waals surface area contributed by atoms with Crippen molar-refractivity contribution in [3.63, 3.8) is 0 Å². The maximum Gasteiger partial charge on any atom is 0.222 e. The van der Waals surface area contributed by atoms with Crippen LogP contribution in [-0.2, 0) is 0 Å². The Morgan fingerprint density at radius 2 is 2.30 bits per heavy atom. The van der Waals surface area contributed by atoms with Gasteiger partial charge >= 0.3 is 0 Å². The summed E-state index contributed by atoms with van der Waals surface area (Å²) in [7, 11) is 0. The van der Waals surface area contributed by atoms with Crippen molar-refractivity contribution in [1.82, 2.24) is 25.4 Å². The third-order valence-electron chi connectivity index (χ3n) is 1.04. The summed E-state index contributed by atoms with van der Waals surface area (Å²) in [5.41, 5.74) is 1.10. The van der Waals surface area contributed by atoms with Gasteiger partial charge in [-0.1, -0.05) is 0 Å². The maximum atomic E-state index is 3.78. The van der Waals surface area contributed by atoms with Crippen LogP contribution in [0.5, 0.6) is 0 Å². The van der Waals surface area contributed by atoms with Crippen molar-refractivity contribution in [2.45, 2.75) is 0 Å². The summed E-state index contributed by atoms with van der Waals surface area (Å²) in [5, 5.41) is 14.3. The highest BCUT2D eigenvalue weighted by molar-refractivity contribution is 5.66. The zero-order valence-electron chi connectivity index (χ0n) is 4.89. The van der Waals surface area contributed by atoms with Gasteiger partial charge in [0.15, 0.2) is 0 Å². The highest BCUT2D eigenvalue weighted by Gasteiger charge is 1.92. The van der Waals surface area contributed by atoms with E-state index in [2.05, 4.69) is 31.7 Å². The molecule has 0 aliphatic rings. The number of fused-ring (bicyclic) bond motifs is 1. The molecule has 10 heavy (non-hydrogen) atoms. The lowest BCUT2D eigenvalue weighted by Gasteiger charge is -1.86. The van der Waals surface area contributed by atoms with E-state index in [9.17, 15) is 0 Å². The van der Waals surface area contributed by atoms with Crippen LogP contribution in [0.2, 0.25) is 0 Å². The van der Waals surface area contributed by atoms with Gasteiger partial charge in [0.05, 0.1) is 6.20 Å². The van der Waals surface area contributed by atoms with Crippen LogP contribution in [0.3, 0.4) is 0 Å². The number of nitrogens with zero attached hydrogens (tertiary/aromatic N) is 5. The smallest absolute Gasteiger partial charge is 0.220 e. The molecule has 5 nitrogen and oxygen atoms in total. The summed E-state index contributed by atoms with van der Waals surface area (Å²) in [6, 6.07) is 1.70. The SMILES string of the molecule is [c]1nnc2nnccc2n1. The molecule has 5 heteroatoms. The van der Waals surface area contributed by atoms with Crippen LogP contribution in [0, 0.1) is 6.33 Å². The van der Waals surface area contributed by atoms with Gasteiger partial charge in [0, 0.05) is 0 Å². The van der Waals surface area contributed by atoms with E-state index in [0.29, 0.717) is 11.2 Å². The van der Waals surface area contributed by atoms with Gasteiger partial charge in [0.2, 0.25) is 12.0 Å². The summed E-state index contributed by atoms with van der Waals surface area (Å²) in [4.78, 5) is 3.78. The van der Waals surface area contributed by atoms with Gasteiger partial charge in [-0.05, 0) is 6.07 Å². The van der Waals surface area contributed by atoms with E-state index in [1.165, 1.54) is 0 Å². The van der Waals surface area contributed by atoms with Crippen molar-refractivity contribution in [1.29, 1.82) is 0 Å². The molecule has 0 spiro atoms. The monoisotopic (exact) mass is 132 g/mol. The molecule has 47 valence electrons. The number of rotatable bonds is 0. The molecule has 2 rings (SSSR count). The topological polar surface area (TPSA) is 64.5 Å². The second kappa shape index (κ2) is 1.94. The maximum absolute atomic E-state index is 3.78. The first kappa shape index (κ1) is 5.16. The fraction of sp³-hybridized carbons (Fsp3) is 0. The summed E-state index contributed by atoms with van der Waals surface area (Å²) in [5.74, 6) is 0. The molecule has 1 radical (unpaired) electrons. The van der Waals surface area contributed by atoms with E-state index in [1.807, 2.05) is 0 Å². The van der Waals surface area contributed by atoms with Gasteiger partial charge in [0.25, 0.3) is 0 Å². The lowest BCUT2D eigenvalue weighted by Crippen LogP contribution is -1.90. The summed E-state index contributed by atoms with van der Waals surface area (Å²) < 4.78 is 0. The van der Waals surface area contributed by atoms with Crippen LogP contribution in [-0.4, -0.2) is 25.4 Å². The Balaban J connectivity index is 2.89. The van der Waals surface area contributed by atoms with Crippen LogP contribution in [0.15, 0.2) is 12.3 Å². The molecule has 2 aromatic heterocycles. The molecule has 0 aliphatic carbocycles. The van der Waals surface area contributed by atoms with E-state index in [0.717, 1.165) is 0 Å². The minimum absolute atomic E-state index is 0.446. The minimum Gasteiger partial charge on any atom is -0.220 e. The Bertz CT molecular complexity index is 281. The molecule has 2 aromatic rings. The predicted molar refractivity (Wildman–Crippen MR) is 31.8 cm³/mol. The van der Waals surface area contributed by atoms with Crippen molar-refractivity contribution < 1.29 is 0 Å². The highest BCUT2D eigenvalue weighted by atomic mass is 15.2. The normalized spacial score (nSPS) is 10.0. The number of aromatic nitrogens is 5. The Labute approximate surface area is 56.1 Å². The van der Waals surface area contributed by atoms with Crippen LogP contribution < -0.4 is 0 Å². The van der Waals surface area contributed by atoms with Crippen LogP contribution >= 0.6 is 0 Å². The zero-order chi connectivity index (χ0) is 6.81. The standard InChI is InChI=1S/C5H2N5/c1-2-7-9-5-4(1)6-3-8-10-5/h1-2H. The van der Waals surface area contributed by atoms with Crippen LogP contribution in [0.25, 0.3) is 11.2 Å². The van der Waals surface area contributed by atoms with Crippen molar-refractivity contribution in [2.24, 2.45) is 0 Å². The Morgan fingerprint density at radius 3 is 3.20 bits per heavy atom. The molecule has 0 aromatic carbocycles. The van der Waals surface area contributed by atoms with Crippen molar-refractivity contribution >= 4 is 11.2 Å². The van der Waals surface area contributed by atoms with Gasteiger partial charge in [0.1, 0.15) is 5.52 Å². The van der Waals surface area contributed by atoms with E-state index >= 15 is 0 Å². The fourth-order valence-electron chi connectivity index (χ4n) is 0.622. The molecule has 0 atom stereocenters. The van der Waals surface area contributed by atoms with Crippen LogP contribution in [0.1, 0.15) is 0 Å². The zero-order valence-corrected chi connectivity index (χ0v) is 4.89. The molecule has 0 fully saturated rings. The summed E-state index contributed by atoms with van der Waals surface area (Å²) >= 11 is 0. The molecule has 0 saturated heterocycles. The summed E-state index contributed by atoms with van der Waals surface area (Å²) in [6.07, 6.45) is 3.90. The second-order valence-electron chi connectivity index (χ2n) is 1.65. The first-order chi connectivity index (χ1) is 4.97. The van der Waals surface area contributed by atoms with Crippen molar-refractivity contribution in [3.8, 4) is 0 Å². The van der Waals surface area contributed by atoms with Crippen LogP contribution in [0.4, 0.5) is 0 Å². The van der Waals surface area contributed by atoms with Crippen molar-refractivity contribution in [3.05, 3.63) is 18.6 Å². The largest absolute Gasteiger partial charge is 0.222 e. The Morgan fingerprint density at radius 1 is 1.30 bits per heavy atom. The van der Waals surface area contributed by atoms with E-state index in [4.69, 9.17) is 0 Å². The molecule has 0 N–H and O–H groups in total. The lowest BCUT2D eigenvalue weighted by atomic mass is 10.5.